The van der Waals surface area contributed by atoms with Gasteiger partial charge < -0.3 is 20.7 Å². The zero-order valence-electron chi connectivity index (χ0n) is 27.9. The number of hydrogen-bond acceptors (Lipinski definition) is 5. The molecule has 3 aliphatic rings. The van der Waals surface area contributed by atoms with E-state index in [1.807, 2.05) is 19.2 Å². The predicted octanol–water partition coefficient (Wildman–Crippen LogP) is 6.67. The second kappa shape index (κ2) is 15.0. The van der Waals surface area contributed by atoms with Crippen molar-refractivity contribution in [3.63, 3.8) is 0 Å². The van der Waals surface area contributed by atoms with Crippen LogP contribution in [0.4, 0.5) is 23.2 Å². The van der Waals surface area contributed by atoms with Crippen LogP contribution >= 0.6 is 0 Å². The molecule has 5 rings (SSSR count). The Kier molecular flexibility index (Phi) is 11.2. The van der Waals surface area contributed by atoms with Crippen LogP contribution in [-0.4, -0.2) is 58.5 Å². The standard InChI is InChI=1S/C35H47F4N5O4/c1-21(2)44-28(16-17-40-44)32(46)42-30(29(23-10-6-4-7-11-23)24-12-8-5-9-13-24)33(47)41-27-15-14-25(18-26(27)36)22(3)31(45)43-34(19-48-20-34)35(37,38)39/h14-18,21-24,29-30H,4-13,19-20H2,1-3H3,(H,41,47)(H,42,46)(H,43,45)/t22-,30-/m0/s1. The van der Waals surface area contributed by atoms with Gasteiger partial charge in [-0.25, -0.2) is 4.39 Å². The average Bonchev–Trinajstić information content (AvgIpc) is 3.54. The lowest BCUT2D eigenvalue weighted by Crippen LogP contribution is -2.70. The van der Waals surface area contributed by atoms with E-state index in [1.165, 1.54) is 19.1 Å². The monoisotopic (exact) mass is 677 g/mol. The first-order valence-corrected chi connectivity index (χ1v) is 17.2. The molecule has 1 aromatic carbocycles. The summed E-state index contributed by atoms with van der Waals surface area (Å²) in [6, 6.07) is 4.36. The number of amides is 3. The Morgan fingerprint density at radius 2 is 1.52 bits per heavy atom. The molecule has 1 saturated heterocycles. The Morgan fingerprint density at radius 3 is 2.02 bits per heavy atom. The lowest BCUT2D eigenvalue weighted by Gasteiger charge is -2.43. The summed E-state index contributed by atoms with van der Waals surface area (Å²) in [5.41, 5.74) is -2.13. The third kappa shape index (κ3) is 7.71. The van der Waals surface area contributed by atoms with Crippen LogP contribution in [0, 0.1) is 23.6 Å². The molecule has 2 saturated carbocycles. The third-order valence-electron chi connectivity index (χ3n) is 10.5. The molecule has 3 amide bonds. The van der Waals surface area contributed by atoms with Crippen molar-refractivity contribution in [1.29, 1.82) is 0 Å². The predicted molar refractivity (Wildman–Crippen MR) is 172 cm³/mol. The number of alkyl halides is 3. The summed E-state index contributed by atoms with van der Waals surface area (Å²) in [4.78, 5) is 40.8. The van der Waals surface area contributed by atoms with Crippen LogP contribution in [0.15, 0.2) is 30.5 Å². The largest absolute Gasteiger partial charge is 0.416 e. The van der Waals surface area contributed by atoms with Crippen molar-refractivity contribution < 1.29 is 36.7 Å². The number of halogens is 4. The second-order valence-corrected chi connectivity index (χ2v) is 14.1. The Bertz CT molecular complexity index is 1430. The lowest BCUT2D eigenvalue weighted by molar-refractivity contribution is -0.266. The van der Waals surface area contributed by atoms with Gasteiger partial charge in [0.25, 0.3) is 5.91 Å². The number of rotatable bonds is 11. The van der Waals surface area contributed by atoms with E-state index in [-0.39, 0.29) is 35.0 Å². The molecule has 2 heterocycles. The minimum absolute atomic E-state index is 0.0846. The highest BCUT2D eigenvalue weighted by molar-refractivity contribution is 6.01. The third-order valence-corrected chi connectivity index (χ3v) is 10.5. The first-order valence-electron chi connectivity index (χ1n) is 17.2. The van der Waals surface area contributed by atoms with Gasteiger partial charge in [-0.3, -0.25) is 19.1 Å². The van der Waals surface area contributed by atoms with Crippen LogP contribution in [0.5, 0.6) is 0 Å². The number of carbonyl (C=O) groups is 3. The van der Waals surface area contributed by atoms with Crippen LogP contribution < -0.4 is 16.0 Å². The van der Waals surface area contributed by atoms with E-state index in [0.717, 1.165) is 70.3 Å². The average molecular weight is 678 g/mol. The molecule has 0 spiro atoms. The maximum atomic E-state index is 15.6. The van der Waals surface area contributed by atoms with Gasteiger partial charge in [-0.15, -0.1) is 0 Å². The molecule has 2 aliphatic carbocycles. The smallest absolute Gasteiger partial charge is 0.376 e. The SMILES string of the molecule is CC(C)n1nccc1C(=O)N[C@H](C(=O)Nc1ccc([C@H](C)C(=O)NC2(C(F)(F)F)COC2)cc1F)C(C1CCCCC1)C1CCCCC1. The fourth-order valence-electron chi connectivity index (χ4n) is 7.65. The van der Waals surface area contributed by atoms with Gasteiger partial charge in [0.2, 0.25) is 11.8 Å². The topological polar surface area (TPSA) is 114 Å². The molecule has 2 atom stereocenters. The summed E-state index contributed by atoms with van der Waals surface area (Å²) in [7, 11) is 0. The number of carbonyl (C=O) groups excluding carboxylic acids is 3. The van der Waals surface area contributed by atoms with Gasteiger partial charge in [0, 0.05) is 12.2 Å². The molecule has 0 radical (unpaired) electrons. The summed E-state index contributed by atoms with van der Waals surface area (Å²) < 4.78 is 62.6. The summed E-state index contributed by atoms with van der Waals surface area (Å²) in [6.45, 7) is 3.84. The maximum absolute atomic E-state index is 15.6. The zero-order valence-corrected chi connectivity index (χ0v) is 27.9. The highest BCUT2D eigenvalue weighted by atomic mass is 19.4. The van der Waals surface area contributed by atoms with Crippen LogP contribution in [-0.2, 0) is 14.3 Å². The Balaban J connectivity index is 1.39. The summed E-state index contributed by atoms with van der Waals surface area (Å²) in [5, 5.41) is 12.1. The Labute approximate surface area is 278 Å². The molecule has 3 N–H and O–H groups in total. The zero-order chi connectivity index (χ0) is 34.6. The van der Waals surface area contributed by atoms with Gasteiger partial charge in [-0.2, -0.15) is 18.3 Å². The first-order chi connectivity index (χ1) is 22.8. The van der Waals surface area contributed by atoms with Crippen molar-refractivity contribution in [3.05, 3.63) is 47.5 Å². The molecule has 3 fully saturated rings. The van der Waals surface area contributed by atoms with Crippen LogP contribution in [0.2, 0.25) is 0 Å². The second-order valence-electron chi connectivity index (χ2n) is 14.1. The molecule has 9 nitrogen and oxygen atoms in total. The maximum Gasteiger partial charge on any atom is 0.416 e. The number of nitrogens with one attached hydrogen (secondary N) is 3. The van der Waals surface area contributed by atoms with Crippen molar-refractivity contribution in [2.24, 2.45) is 17.8 Å². The minimum atomic E-state index is -4.70. The molecule has 13 heteroatoms. The number of nitrogens with zero attached hydrogens (tertiary/aromatic N) is 2. The van der Waals surface area contributed by atoms with Gasteiger partial charge in [-0.05, 0) is 62.3 Å². The van der Waals surface area contributed by atoms with Crippen LogP contribution in [0.25, 0.3) is 0 Å². The number of anilines is 1. The van der Waals surface area contributed by atoms with Gasteiger partial charge in [0.15, 0.2) is 5.54 Å². The Morgan fingerprint density at radius 1 is 0.917 bits per heavy atom. The fraction of sp³-hybridized carbons (Fsp3) is 0.657. The highest BCUT2D eigenvalue weighted by Crippen LogP contribution is 2.42. The van der Waals surface area contributed by atoms with Gasteiger partial charge in [0.05, 0.1) is 24.8 Å². The van der Waals surface area contributed by atoms with Crippen molar-refractivity contribution >= 4 is 23.4 Å². The highest BCUT2D eigenvalue weighted by Gasteiger charge is 2.61. The van der Waals surface area contributed by atoms with E-state index in [1.54, 1.807) is 16.9 Å². The fourth-order valence-corrected chi connectivity index (χ4v) is 7.65. The quantitative estimate of drug-likeness (QED) is 0.230. The normalized spacial score (nSPS) is 20.2. The molecule has 1 aromatic heterocycles. The minimum Gasteiger partial charge on any atom is -0.376 e. The molecular formula is C35H47F4N5O4. The van der Waals surface area contributed by atoms with E-state index in [0.29, 0.717) is 5.69 Å². The van der Waals surface area contributed by atoms with E-state index >= 15 is 4.39 Å². The van der Waals surface area contributed by atoms with E-state index in [9.17, 15) is 27.6 Å². The molecule has 264 valence electrons. The van der Waals surface area contributed by atoms with E-state index in [4.69, 9.17) is 4.74 Å². The summed E-state index contributed by atoms with van der Waals surface area (Å²) >= 11 is 0. The lowest BCUT2D eigenvalue weighted by atomic mass is 9.66. The van der Waals surface area contributed by atoms with Crippen molar-refractivity contribution in [1.82, 2.24) is 20.4 Å². The van der Waals surface area contributed by atoms with Crippen molar-refractivity contribution in [2.45, 2.75) is 115 Å². The van der Waals surface area contributed by atoms with Crippen LogP contribution in [0.3, 0.4) is 0 Å². The molecule has 1 aliphatic heterocycles. The molecule has 48 heavy (non-hydrogen) atoms. The number of aromatic nitrogens is 2. The number of hydrogen-bond donors (Lipinski definition) is 3. The molecule has 2 aromatic rings. The number of benzene rings is 1. The van der Waals surface area contributed by atoms with E-state index < -0.39 is 60.4 Å². The summed E-state index contributed by atoms with van der Waals surface area (Å²) in [5.74, 6) is -3.53. The van der Waals surface area contributed by atoms with E-state index in [2.05, 4.69) is 15.7 Å². The van der Waals surface area contributed by atoms with Gasteiger partial charge in [-0.1, -0.05) is 70.3 Å². The molecule has 0 bridgehead atoms. The van der Waals surface area contributed by atoms with Gasteiger partial charge in [0.1, 0.15) is 17.6 Å². The molecular weight excluding hydrogens is 630 g/mol. The van der Waals surface area contributed by atoms with Crippen molar-refractivity contribution in [2.75, 3.05) is 18.5 Å². The van der Waals surface area contributed by atoms with Crippen molar-refractivity contribution in [3.8, 4) is 0 Å². The van der Waals surface area contributed by atoms with Crippen LogP contribution in [0.1, 0.15) is 113 Å². The first kappa shape index (κ1) is 35.8. The summed E-state index contributed by atoms with van der Waals surface area (Å²) in [6.07, 6.45) is 7.12. The molecule has 0 unspecified atom stereocenters. The Hall–Kier alpha value is -3.48. The van der Waals surface area contributed by atoms with Gasteiger partial charge >= 0.3 is 6.18 Å². The number of ether oxygens (including phenoxy) is 1.